The molecule has 1 amide bonds. The SMILES string of the molecule is CN1C(C(=O)Nc2ccccc2)=C(N2CCCC2)c2c(c3ccccc3n2C)S1(=O)=O. The summed E-state index contributed by atoms with van der Waals surface area (Å²) in [5.41, 5.74) is 2.86. The molecule has 0 saturated carbocycles. The van der Waals surface area contributed by atoms with Crippen LogP contribution in [0.4, 0.5) is 5.69 Å². The van der Waals surface area contributed by atoms with E-state index < -0.39 is 15.9 Å². The van der Waals surface area contributed by atoms with Crippen molar-refractivity contribution in [2.75, 3.05) is 25.5 Å². The number of para-hydroxylation sites is 2. The topological polar surface area (TPSA) is 74.7 Å². The van der Waals surface area contributed by atoms with Gasteiger partial charge in [0.05, 0.1) is 11.4 Å². The zero-order valence-corrected chi connectivity index (χ0v) is 18.3. The normalized spacial score (nSPS) is 17.9. The molecule has 3 heterocycles. The summed E-state index contributed by atoms with van der Waals surface area (Å²) >= 11 is 0. The van der Waals surface area contributed by atoms with Gasteiger partial charge in [0.1, 0.15) is 10.6 Å². The molecule has 5 rings (SSSR count). The predicted octanol–water partition coefficient (Wildman–Crippen LogP) is 3.22. The van der Waals surface area contributed by atoms with Gasteiger partial charge in [-0.15, -0.1) is 0 Å². The fraction of sp³-hybridized carbons (Fsp3) is 0.261. The third-order valence-electron chi connectivity index (χ3n) is 6.11. The maximum Gasteiger partial charge on any atom is 0.275 e. The number of hydrogen-bond donors (Lipinski definition) is 1. The van der Waals surface area contributed by atoms with Crippen LogP contribution in [0.5, 0.6) is 0 Å². The van der Waals surface area contributed by atoms with Crippen molar-refractivity contribution in [1.29, 1.82) is 0 Å². The fourth-order valence-corrected chi connectivity index (χ4v) is 6.22. The Hall–Kier alpha value is -3.26. The van der Waals surface area contributed by atoms with Crippen LogP contribution in [0.3, 0.4) is 0 Å². The average molecular weight is 437 g/mol. The molecule has 0 unspecified atom stereocenters. The van der Waals surface area contributed by atoms with Gasteiger partial charge in [0.25, 0.3) is 15.9 Å². The molecule has 1 N–H and O–H groups in total. The van der Waals surface area contributed by atoms with E-state index in [1.165, 1.54) is 7.05 Å². The summed E-state index contributed by atoms with van der Waals surface area (Å²) in [5.74, 6) is -0.435. The molecule has 7 nitrogen and oxygen atoms in total. The molecule has 0 atom stereocenters. The maximum atomic E-state index is 13.6. The highest BCUT2D eigenvalue weighted by atomic mass is 32.2. The van der Waals surface area contributed by atoms with Crippen LogP contribution >= 0.6 is 0 Å². The molecule has 31 heavy (non-hydrogen) atoms. The molecule has 8 heteroatoms. The van der Waals surface area contributed by atoms with E-state index in [0.717, 1.165) is 35.8 Å². The highest BCUT2D eigenvalue weighted by Gasteiger charge is 2.43. The number of fused-ring (bicyclic) bond motifs is 3. The summed E-state index contributed by atoms with van der Waals surface area (Å²) in [4.78, 5) is 15.9. The first-order chi connectivity index (χ1) is 14.9. The van der Waals surface area contributed by atoms with Crippen molar-refractivity contribution >= 4 is 38.2 Å². The zero-order valence-electron chi connectivity index (χ0n) is 17.5. The van der Waals surface area contributed by atoms with Crippen molar-refractivity contribution < 1.29 is 13.2 Å². The van der Waals surface area contributed by atoms with Crippen molar-refractivity contribution in [2.24, 2.45) is 7.05 Å². The molecule has 3 aromatic rings. The van der Waals surface area contributed by atoms with Gasteiger partial charge in [0, 0.05) is 43.8 Å². The molecule has 1 saturated heterocycles. The van der Waals surface area contributed by atoms with E-state index in [4.69, 9.17) is 0 Å². The van der Waals surface area contributed by atoms with Crippen LogP contribution in [0.25, 0.3) is 16.6 Å². The summed E-state index contributed by atoms with van der Waals surface area (Å²) in [6.07, 6.45) is 2.01. The Morgan fingerprint density at radius 3 is 2.29 bits per heavy atom. The molecule has 160 valence electrons. The van der Waals surface area contributed by atoms with Crippen molar-refractivity contribution in [3.63, 3.8) is 0 Å². The van der Waals surface area contributed by atoms with E-state index >= 15 is 0 Å². The second-order valence-corrected chi connectivity index (χ2v) is 9.84. The number of sulfonamides is 1. The number of carbonyl (C=O) groups excluding carboxylic acids is 1. The van der Waals surface area contributed by atoms with Crippen molar-refractivity contribution in [3.05, 3.63) is 66.0 Å². The van der Waals surface area contributed by atoms with Crippen LogP contribution in [0.15, 0.2) is 65.2 Å². The van der Waals surface area contributed by atoms with E-state index in [2.05, 4.69) is 10.2 Å². The number of amides is 1. The third-order valence-corrected chi connectivity index (χ3v) is 7.94. The first kappa shape index (κ1) is 19.7. The van der Waals surface area contributed by atoms with E-state index in [1.807, 2.05) is 54.1 Å². The summed E-state index contributed by atoms with van der Waals surface area (Å²) in [6, 6.07) is 16.6. The molecule has 1 aromatic heterocycles. The van der Waals surface area contributed by atoms with E-state index in [9.17, 15) is 13.2 Å². The Balaban J connectivity index is 1.80. The minimum atomic E-state index is -3.91. The highest BCUT2D eigenvalue weighted by molar-refractivity contribution is 7.89. The molecule has 0 aliphatic carbocycles. The Bertz CT molecular complexity index is 1320. The maximum absolute atomic E-state index is 13.6. The number of hydrogen-bond acceptors (Lipinski definition) is 4. The molecule has 2 aliphatic rings. The standard InChI is InChI=1S/C23H24N4O3S/c1-25-18-13-7-6-12-17(18)22-20(25)19(27-14-8-9-15-27)21(26(2)31(22,29)30)23(28)24-16-10-4-3-5-11-16/h3-7,10-13H,8-9,14-15H2,1-2H3,(H,24,28). The lowest BCUT2D eigenvalue weighted by Gasteiger charge is -2.34. The van der Waals surface area contributed by atoms with Gasteiger partial charge in [-0.1, -0.05) is 36.4 Å². The average Bonchev–Trinajstić information content (AvgIpc) is 3.39. The minimum Gasteiger partial charge on any atom is -0.368 e. The first-order valence-corrected chi connectivity index (χ1v) is 11.8. The number of aryl methyl sites for hydroxylation is 1. The fourth-order valence-electron chi connectivity index (χ4n) is 4.61. The zero-order chi connectivity index (χ0) is 21.8. The predicted molar refractivity (Wildman–Crippen MR) is 121 cm³/mol. The lowest BCUT2D eigenvalue weighted by atomic mass is 10.1. The van der Waals surface area contributed by atoms with Gasteiger partial charge in [0.15, 0.2) is 0 Å². The quantitative estimate of drug-likeness (QED) is 0.684. The lowest BCUT2D eigenvalue weighted by Crippen LogP contribution is -2.40. The smallest absolute Gasteiger partial charge is 0.275 e. The number of likely N-dealkylation sites (tertiary alicyclic amines) is 1. The number of rotatable bonds is 3. The monoisotopic (exact) mass is 436 g/mol. The molecule has 0 bridgehead atoms. The molecule has 2 aromatic carbocycles. The third kappa shape index (κ3) is 2.93. The number of benzene rings is 2. The second kappa shape index (κ2) is 7.16. The van der Waals surface area contributed by atoms with Crippen molar-refractivity contribution in [1.82, 2.24) is 13.8 Å². The molecular weight excluding hydrogens is 412 g/mol. The molecule has 1 fully saturated rings. The molecule has 2 aliphatic heterocycles. The summed E-state index contributed by atoms with van der Waals surface area (Å²) in [7, 11) is -0.574. The number of nitrogens with one attached hydrogen (secondary N) is 1. The van der Waals surface area contributed by atoms with Gasteiger partial charge >= 0.3 is 0 Å². The summed E-state index contributed by atoms with van der Waals surface area (Å²) in [6.45, 7) is 1.57. The van der Waals surface area contributed by atoms with Gasteiger partial charge < -0.3 is 14.8 Å². The second-order valence-electron chi connectivity index (χ2n) is 7.94. The van der Waals surface area contributed by atoms with Crippen LogP contribution in [0, 0.1) is 0 Å². The van der Waals surface area contributed by atoms with Crippen LogP contribution in [0.2, 0.25) is 0 Å². The Labute approximate surface area is 181 Å². The lowest BCUT2D eigenvalue weighted by molar-refractivity contribution is -0.113. The first-order valence-electron chi connectivity index (χ1n) is 10.3. The van der Waals surface area contributed by atoms with E-state index in [-0.39, 0.29) is 10.6 Å². The van der Waals surface area contributed by atoms with Gasteiger partial charge in [-0.25, -0.2) is 8.42 Å². The largest absolute Gasteiger partial charge is 0.368 e. The Kier molecular flexibility index (Phi) is 4.55. The molecule has 0 radical (unpaired) electrons. The van der Waals surface area contributed by atoms with Crippen LogP contribution < -0.4 is 5.32 Å². The van der Waals surface area contributed by atoms with Crippen molar-refractivity contribution in [3.8, 4) is 0 Å². The Morgan fingerprint density at radius 2 is 1.58 bits per heavy atom. The van der Waals surface area contributed by atoms with Gasteiger partial charge in [-0.05, 0) is 31.0 Å². The van der Waals surface area contributed by atoms with E-state index in [1.54, 1.807) is 12.1 Å². The Morgan fingerprint density at radius 1 is 0.935 bits per heavy atom. The molecule has 0 spiro atoms. The van der Waals surface area contributed by atoms with E-state index in [0.29, 0.717) is 22.5 Å². The number of carbonyl (C=O) groups is 1. The number of likely N-dealkylation sites (N-methyl/N-ethyl adjacent to an activating group) is 1. The minimum absolute atomic E-state index is 0.157. The summed E-state index contributed by atoms with van der Waals surface area (Å²) in [5, 5.41) is 3.55. The number of nitrogens with zero attached hydrogens (tertiary/aromatic N) is 3. The molecular formula is C23H24N4O3S. The van der Waals surface area contributed by atoms with Crippen LogP contribution in [0.1, 0.15) is 18.5 Å². The van der Waals surface area contributed by atoms with Crippen LogP contribution in [-0.2, 0) is 21.9 Å². The summed E-state index contributed by atoms with van der Waals surface area (Å²) < 4.78 is 30.3. The number of anilines is 1. The highest BCUT2D eigenvalue weighted by Crippen LogP contribution is 2.44. The van der Waals surface area contributed by atoms with Gasteiger partial charge in [-0.2, -0.15) is 0 Å². The van der Waals surface area contributed by atoms with Crippen LogP contribution in [-0.4, -0.2) is 48.2 Å². The van der Waals surface area contributed by atoms with Gasteiger partial charge in [0.2, 0.25) is 0 Å². The van der Waals surface area contributed by atoms with Gasteiger partial charge in [-0.3, -0.25) is 9.10 Å². The van der Waals surface area contributed by atoms with Crippen molar-refractivity contribution in [2.45, 2.75) is 17.7 Å². The number of aromatic nitrogens is 1.